The SMILES string of the molecule is CCOc1ccc2nc(NCCN(CC)C3CC3)sc2c1. The molecule has 5 heteroatoms. The molecule has 0 bridgehead atoms. The van der Waals surface area contributed by atoms with E-state index in [0.29, 0.717) is 6.61 Å². The van der Waals surface area contributed by atoms with Crippen molar-refractivity contribution in [2.45, 2.75) is 32.7 Å². The van der Waals surface area contributed by atoms with E-state index < -0.39 is 0 Å². The minimum atomic E-state index is 0.698. The molecule has 0 radical (unpaired) electrons. The van der Waals surface area contributed by atoms with Gasteiger partial charge in [0.05, 0.1) is 16.8 Å². The summed E-state index contributed by atoms with van der Waals surface area (Å²) in [7, 11) is 0. The Morgan fingerprint density at radius 2 is 2.24 bits per heavy atom. The number of thiazole rings is 1. The van der Waals surface area contributed by atoms with Crippen LogP contribution in [0.2, 0.25) is 0 Å². The molecule has 2 aromatic rings. The zero-order valence-electron chi connectivity index (χ0n) is 12.8. The first-order valence-corrected chi connectivity index (χ1v) is 8.63. The molecule has 1 aliphatic carbocycles. The Balaban J connectivity index is 1.58. The average Bonchev–Trinajstić information content (AvgIpc) is 3.24. The van der Waals surface area contributed by atoms with E-state index in [1.807, 2.05) is 19.1 Å². The highest BCUT2D eigenvalue weighted by molar-refractivity contribution is 7.22. The molecule has 0 saturated heterocycles. The Bertz CT molecular complexity index is 594. The van der Waals surface area contributed by atoms with Crippen molar-refractivity contribution in [2.75, 3.05) is 31.6 Å². The van der Waals surface area contributed by atoms with Gasteiger partial charge in [-0.15, -0.1) is 0 Å². The smallest absolute Gasteiger partial charge is 0.183 e. The Morgan fingerprint density at radius 1 is 1.38 bits per heavy atom. The predicted octanol–water partition coefficient (Wildman–Crippen LogP) is 3.59. The van der Waals surface area contributed by atoms with Crippen LogP contribution in [0.1, 0.15) is 26.7 Å². The zero-order valence-corrected chi connectivity index (χ0v) is 13.6. The van der Waals surface area contributed by atoms with Crippen molar-refractivity contribution >= 4 is 26.7 Å². The number of likely N-dealkylation sites (N-methyl/N-ethyl adjacent to an activating group) is 1. The third-order valence-corrected chi connectivity index (χ3v) is 4.79. The van der Waals surface area contributed by atoms with Gasteiger partial charge in [-0.2, -0.15) is 0 Å². The van der Waals surface area contributed by atoms with E-state index in [1.165, 1.54) is 17.5 Å². The van der Waals surface area contributed by atoms with Crippen molar-refractivity contribution in [3.63, 3.8) is 0 Å². The van der Waals surface area contributed by atoms with E-state index >= 15 is 0 Å². The predicted molar refractivity (Wildman–Crippen MR) is 89.5 cm³/mol. The van der Waals surface area contributed by atoms with Gasteiger partial charge in [-0.05, 0) is 44.5 Å². The number of aromatic nitrogens is 1. The molecule has 1 N–H and O–H groups in total. The molecule has 114 valence electrons. The number of nitrogens with zero attached hydrogens (tertiary/aromatic N) is 2. The van der Waals surface area contributed by atoms with Crippen molar-refractivity contribution in [1.82, 2.24) is 9.88 Å². The fraction of sp³-hybridized carbons (Fsp3) is 0.562. The monoisotopic (exact) mass is 305 g/mol. The normalized spacial score (nSPS) is 14.8. The van der Waals surface area contributed by atoms with Crippen LogP contribution in [0.25, 0.3) is 10.2 Å². The molecule has 0 aliphatic heterocycles. The van der Waals surface area contributed by atoms with E-state index in [-0.39, 0.29) is 0 Å². The summed E-state index contributed by atoms with van der Waals surface area (Å²) in [6.45, 7) is 8.14. The molecule has 1 aromatic carbocycles. The fourth-order valence-corrected chi connectivity index (χ4v) is 3.50. The zero-order chi connectivity index (χ0) is 14.7. The second kappa shape index (κ2) is 6.62. The third kappa shape index (κ3) is 3.66. The molecule has 1 aromatic heterocycles. The highest BCUT2D eigenvalue weighted by atomic mass is 32.1. The lowest BCUT2D eigenvalue weighted by Crippen LogP contribution is -2.30. The molecule has 1 heterocycles. The van der Waals surface area contributed by atoms with E-state index in [0.717, 1.165) is 42.1 Å². The van der Waals surface area contributed by atoms with E-state index in [9.17, 15) is 0 Å². The molecule has 0 spiro atoms. The topological polar surface area (TPSA) is 37.4 Å². The van der Waals surface area contributed by atoms with Gasteiger partial charge in [0, 0.05) is 19.1 Å². The van der Waals surface area contributed by atoms with Crippen molar-refractivity contribution in [3.05, 3.63) is 18.2 Å². The number of fused-ring (bicyclic) bond motifs is 1. The van der Waals surface area contributed by atoms with Gasteiger partial charge >= 0.3 is 0 Å². The number of hydrogen-bond donors (Lipinski definition) is 1. The molecule has 1 fully saturated rings. The van der Waals surface area contributed by atoms with Crippen LogP contribution in [0.4, 0.5) is 5.13 Å². The van der Waals surface area contributed by atoms with E-state index in [4.69, 9.17) is 4.74 Å². The molecule has 1 saturated carbocycles. The lowest BCUT2D eigenvalue weighted by Gasteiger charge is -2.19. The van der Waals surface area contributed by atoms with Crippen LogP contribution >= 0.6 is 11.3 Å². The summed E-state index contributed by atoms with van der Waals surface area (Å²) in [5.41, 5.74) is 1.04. The Hall–Kier alpha value is -1.33. The first-order chi connectivity index (χ1) is 10.3. The van der Waals surface area contributed by atoms with Gasteiger partial charge in [-0.1, -0.05) is 18.3 Å². The summed E-state index contributed by atoms with van der Waals surface area (Å²) in [4.78, 5) is 7.18. The number of rotatable bonds is 8. The molecule has 0 amide bonds. The molecule has 1 aliphatic rings. The summed E-state index contributed by atoms with van der Waals surface area (Å²) < 4.78 is 6.71. The maximum atomic E-state index is 5.54. The van der Waals surface area contributed by atoms with Crippen molar-refractivity contribution in [2.24, 2.45) is 0 Å². The standard InChI is InChI=1S/C16H23N3OS/c1-3-19(12-5-6-12)10-9-17-16-18-14-8-7-13(20-4-2)11-15(14)21-16/h7-8,11-12H,3-6,9-10H2,1-2H3,(H,17,18). The second-order valence-corrected chi connectivity index (χ2v) is 6.40. The minimum Gasteiger partial charge on any atom is -0.494 e. The molecule has 0 unspecified atom stereocenters. The molecular weight excluding hydrogens is 282 g/mol. The summed E-state index contributed by atoms with van der Waals surface area (Å²) >= 11 is 1.70. The number of anilines is 1. The molecular formula is C16H23N3OS. The first-order valence-electron chi connectivity index (χ1n) is 7.81. The number of nitrogens with one attached hydrogen (secondary N) is 1. The highest BCUT2D eigenvalue weighted by Gasteiger charge is 2.27. The first kappa shape index (κ1) is 14.6. The Labute approximate surface area is 130 Å². The molecule has 21 heavy (non-hydrogen) atoms. The van der Waals surface area contributed by atoms with Crippen LogP contribution in [0, 0.1) is 0 Å². The number of hydrogen-bond acceptors (Lipinski definition) is 5. The summed E-state index contributed by atoms with van der Waals surface area (Å²) in [6.07, 6.45) is 2.74. The molecule has 0 atom stereocenters. The van der Waals surface area contributed by atoms with Crippen LogP contribution in [0.5, 0.6) is 5.75 Å². The van der Waals surface area contributed by atoms with Crippen molar-refractivity contribution < 1.29 is 4.74 Å². The van der Waals surface area contributed by atoms with E-state index in [1.54, 1.807) is 11.3 Å². The largest absolute Gasteiger partial charge is 0.494 e. The van der Waals surface area contributed by atoms with Gasteiger partial charge < -0.3 is 10.1 Å². The average molecular weight is 305 g/mol. The maximum Gasteiger partial charge on any atom is 0.183 e. The molecule has 3 rings (SSSR count). The maximum absolute atomic E-state index is 5.54. The van der Waals surface area contributed by atoms with Crippen LogP contribution in [0.3, 0.4) is 0 Å². The lowest BCUT2D eigenvalue weighted by atomic mass is 10.3. The summed E-state index contributed by atoms with van der Waals surface area (Å²) in [5.74, 6) is 0.922. The quantitative estimate of drug-likeness (QED) is 0.809. The highest BCUT2D eigenvalue weighted by Crippen LogP contribution is 2.29. The number of ether oxygens (including phenoxy) is 1. The van der Waals surface area contributed by atoms with Gasteiger partial charge in [0.1, 0.15) is 5.75 Å². The minimum absolute atomic E-state index is 0.698. The van der Waals surface area contributed by atoms with Gasteiger partial charge in [0.25, 0.3) is 0 Å². The van der Waals surface area contributed by atoms with Gasteiger partial charge in [0.15, 0.2) is 5.13 Å². The lowest BCUT2D eigenvalue weighted by molar-refractivity contribution is 0.289. The van der Waals surface area contributed by atoms with Gasteiger partial charge in [-0.3, -0.25) is 4.90 Å². The molecule has 4 nitrogen and oxygen atoms in total. The van der Waals surface area contributed by atoms with Gasteiger partial charge in [0.2, 0.25) is 0 Å². The van der Waals surface area contributed by atoms with Gasteiger partial charge in [-0.25, -0.2) is 4.98 Å². The summed E-state index contributed by atoms with van der Waals surface area (Å²) in [6, 6.07) is 6.93. The Kier molecular flexibility index (Phi) is 4.60. The van der Waals surface area contributed by atoms with E-state index in [2.05, 4.69) is 28.2 Å². The fourth-order valence-electron chi connectivity index (χ4n) is 2.58. The Morgan fingerprint density at radius 3 is 2.95 bits per heavy atom. The van der Waals surface area contributed by atoms with Crippen LogP contribution in [0.15, 0.2) is 18.2 Å². The van der Waals surface area contributed by atoms with Crippen LogP contribution in [-0.4, -0.2) is 42.2 Å². The number of benzene rings is 1. The second-order valence-electron chi connectivity index (χ2n) is 5.37. The van der Waals surface area contributed by atoms with Crippen LogP contribution in [-0.2, 0) is 0 Å². The third-order valence-electron chi connectivity index (χ3n) is 3.82. The summed E-state index contributed by atoms with van der Waals surface area (Å²) in [5, 5.41) is 4.46. The van der Waals surface area contributed by atoms with Crippen LogP contribution < -0.4 is 10.1 Å². The van der Waals surface area contributed by atoms with Crippen molar-refractivity contribution in [1.29, 1.82) is 0 Å². The van der Waals surface area contributed by atoms with Crippen molar-refractivity contribution in [3.8, 4) is 5.75 Å².